The zero-order valence-electron chi connectivity index (χ0n) is 21.2. The smallest absolute Gasteiger partial charge is 0.315 e. The van der Waals surface area contributed by atoms with Crippen LogP contribution in [0.1, 0.15) is 58.7 Å². The van der Waals surface area contributed by atoms with Crippen LogP contribution in [0.2, 0.25) is 0 Å². The molecule has 0 aliphatic rings. The number of benzene rings is 2. The molecule has 2 N–H and O–H groups in total. The molecule has 1 aromatic heterocycles. The predicted octanol–water partition coefficient (Wildman–Crippen LogP) is 5.92. The Labute approximate surface area is 206 Å². The summed E-state index contributed by atoms with van der Waals surface area (Å²) in [6.07, 6.45) is 0. The molecule has 0 aliphatic carbocycles. The van der Waals surface area contributed by atoms with E-state index < -0.39 is 0 Å². The maximum Gasteiger partial charge on any atom is 0.322 e. The summed E-state index contributed by atoms with van der Waals surface area (Å²) in [5, 5.41) is 10.3. The number of anilines is 2. The molecule has 0 aliphatic heterocycles. The van der Waals surface area contributed by atoms with E-state index in [1.807, 2.05) is 52.0 Å². The Bertz CT molecular complexity index is 1160. The van der Waals surface area contributed by atoms with E-state index in [0.29, 0.717) is 29.7 Å². The molecule has 3 amide bonds. The van der Waals surface area contributed by atoms with Crippen LogP contribution in [0.4, 0.5) is 20.7 Å². The van der Waals surface area contributed by atoms with Gasteiger partial charge in [0.2, 0.25) is 5.91 Å². The lowest BCUT2D eigenvalue weighted by molar-refractivity contribution is -0.116. The first-order chi connectivity index (χ1) is 16.5. The summed E-state index contributed by atoms with van der Waals surface area (Å²) < 4.78 is 15.0. The molecule has 35 heavy (non-hydrogen) atoms. The molecule has 0 spiro atoms. The first kappa shape index (κ1) is 25.9. The summed E-state index contributed by atoms with van der Waals surface area (Å²) in [6, 6.07) is 15.0. The van der Waals surface area contributed by atoms with Crippen molar-refractivity contribution in [3.63, 3.8) is 0 Å². The molecule has 3 rings (SSSR count). The zero-order chi connectivity index (χ0) is 25.8. The zero-order valence-corrected chi connectivity index (χ0v) is 21.2. The number of hydrogen-bond acceptors (Lipinski definition) is 3. The summed E-state index contributed by atoms with van der Waals surface area (Å²) in [5.41, 5.74) is 2.98. The van der Waals surface area contributed by atoms with E-state index in [0.717, 1.165) is 5.69 Å². The molecule has 0 bridgehead atoms. The Morgan fingerprint density at radius 2 is 1.66 bits per heavy atom. The third-order valence-corrected chi connectivity index (χ3v) is 5.65. The molecule has 0 fully saturated rings. The van der Waals surface area contributed by atoms with E-state index in [1.165, 1.54) is 22.6 Å². The minimum Gasteiger partial charge on any atom is -0.315 e. The Morgan fingerprint density at radius 3 is 2.20 bits per heavy atom. The average molecular weight is 480 g/mol. The monoisotopic (exact) mass is 479 g/mol. The fourth-order valence-corrected chi connectivity index (χ4v) is 3.45. The maximum atomic E-state index is 13.4. The minimum atomic E-state index is -0.360. The van der Waals surface area contributed by atoms with Gasteiger partial charge in [-0.2, -0.15) is 5.10 Å². The third kappa shape index (κ3) is 6.68. The van der Waals surface area contributed by atoms with Gasteiger partial charge in [0.1, 0.15) is 18.2 Å². The van der Waals surface area contributed by atoms with E-state index in [-0.39, 0.29) is 29.7 Å². The number of nitrogens with one attached hydrogen (secondary N) is 2. The van der Waals surface area contributed by atoms with Crippen LogP contribution >= 0.6 is 0 Å². The van der Waals surface area contributed by atoms with Crippen molar-refractivity contribution in [1.82, 2.24) is 14.7 Å². The first-order valence-electron chi connectivity index (χ1n) is 11.8. The third-order valence-electron chi connectivity index (χ3n) is 5.65. The SMILES string of the molecule is CCN(CC(=O)Nc1cc(C(C)(C)C)nn1-c1ccc(F)cc1)C(=O)Nc1ccc(C(C)C)cc1. The number of hydrogen-bond donors (Lipinski definition) is 2. The lowest BCUT2D eigenvalue weighted by atomic mass is 9.92. The first-order valence-corrected chi connectivity index (χ1v) is 11.8. The van der Waals surface area contributed by atoms with Crippen LogP contribution in [0, 0.1) is 5.82 Å². The van der Waals surface area contributed by atoms with E-state index in [9.17, 15) is 14.0 Å². The molecule has 0 saturated carbocycles. The summed E-state index contributed by atoms with van der Waals surface area (Å²) in [4.78, 5) is 27.1. The number of amides is 3. The van der Waals surface area contributed by atoms with Crippen LogP contribution in [-0.4, -0.2) is 39.7 Å². The van der Waals surface area contributed by atoms with Crippen molar-refractivity contribution in [3.8, 4) is 5.69 Å². The average Bonchev–Trinajstić information content (AvgIpc) is 3.22. The summed E-state index contributed by atoms with van der Waals surface area (Å²) in [6.45, 7) is 12.3. The molecule has 0 unspecified atom stereocenters. The minimum absolute atomic E-state index is 0.133. The van der Waals surface area contributed by atoms with Crippen LogP contribution in [0.3, 0.4) is 0 Å². The van der Waals surface area contributed by atoms with Crippen molar-refractivity contribution in [2.45, 2.75) is 52.9 Å². The largest absolute Gasteiger partial charge is 0.322 e. The second-order valence-corrected chi connectivity index (χ2v) is 9.82. The molecule has 0 atom stereocenters. The van der Waals surface area contributed by atoms with Crippen molar-refractivity contribution in [3.05, 3.63) is 71.7 Å². The molecule has 186 valence electrons. The molecular formula is C27H34FN5O2. The van der Waals surface area contributed by atoms with Gasteiger partial charge in [0, 0.05) is 23.7 Å². The van der Waals surface area contributed by atoms with E-state index in [2.05, 4.69) is 29.6 Å². The van der Waals surface area contributed by atoms with E-state index >= 15 is 0 Å². The quantitative estimate of drug-likeness (QED) is 0.441. The van der Waals surface area contributed by atoms with Gasteiger partial charge < -0.3 is 15.5 Å². The molecule has 0 radical (unpaired) electrons. The highest BCUT2D eigenvalue weighted by molar-refractivity contribution is 5.96. The van der Waals surface area contributed by atoms with Gasteiger partial charge in [-0.05, 0) is 54.8 Å². The normalized spacial score (nSPS) is 11.4. The highest BCUT2D eigenvalue weighted by Crippen LogP contribution is 2.26. The highest BCUT2D eigenvalue weighted by atomic mass is 19.1. The number of nitrogens with zero attached hydrogens (tertiary/aromatic N) is 3. The number of likely N-dealkylation sites (N-methyl/N-ethyl adjacent to an activating group) is 1. The Kier molecular flexibility index (Phi) is 7.94. The van der Waals surface area contributed by atoms with Gasteiger partial charge in [-0.15, -0.1) is 0 Å². The topological polar surface area (TPSA) is 79.3 Å². The van der Waals surface area contributed by atoms with E-state index in [4.69, 9.17) is 0 Å². The van der Waals surface area contributed by atoms with Crippen LogP contribution in [0.5, 0.6) is 0 Å². The summed E-state index contributed by atoms with van der Waals surface area (Å²) in [7, 11) is 0. The van der Waals surface area contributed by atoms with Crippen LogP contribution in [0.15, 0.2) is 54.6 Å². The van der Waals surface area contributed by atoms with Gasteiger partial charge in [0.05, 0.1) is 11.4 Å². The number of urea groups is 1. The Morgan fingerprint density at radius 1 is 1.03 bits per heavy atom. The molecule has 7 nitrogen and oxygen atoms in total. The van der Waals surface area contributed by atoms with Crippen LogP contribution in [0.25, 0.3) is 5.69 Å². The second kappa shape index (κ2) is 10.7. The highest BCUT2D eigenvalue weighted by Gasteiger charge is 2.23. The molecular weight excluding hydrogens is 445 g/mol. The van der Waals surface area contributed by atoms with Crippen molar-refractivity contribution in [2.24, 2.45) is 0 Å². The second-order valence-electron chi connectivity index (χ2n) is 9.82. The van der Waals surface area contributed by atoms with Crippen molar-refractivity contribution in [1.29, 1.82) is 0 Å². The molecule has 3 aromatic rings. The van der Waals surface area contributed by atoms with Gasteiger partial charge in [-0.1, -0.05) is 46.8 Å². The number of aromatic nitrogens is 2. The standard InChI is InChI=1S/C27H34FN5O2/c1-7-32(26(35)29-21-12-8-19(9-13-21)18(2)3)17-25(34)30-24-16-23(27(4,5)6)31-33(24)22-14-10-20(28)11-15-22/h8-16,18H,7,17H2,1-6H3,(H,29,35)(H,30,34). The molecule has 1 heterocycles. The predicted molar refractivity (Wildman–Crippen MR) is 138 cm³/mol. The number of rotatable bonds is 7. The number of carbonyl (C=O) groups is 2. The van der Waals surface area contributed by atoms with Crippen molar-refractivity contribution >= 4 is 23.4 Å². The number of halogens is 1. The Hall–Kier alpha value is -3.68. The lowest BCUT2D eigenvalue weighted by Crippen LogP contribution is -2.40. The molecule has 8 heteroatoms. The number of carbonyl (C=O) groups excluding carboxylic acids is 2. The van der Waals surface area contributed by atoms with Gasteiger partial charge in [0.15, 0.2) is 0 Å². The van der Waals surface area contributed by atoms with Gasteiger partial charge >= 0.3 is 6.03 Å². The maximum absolute atomic E-state index is 13.4. The fourth-order valence-electron chi connectivity index (χ4n) is 3.45. The summed E-state index contributed by atoms with van der Waals surface area (Å²) in [5.74, 6) is 0.136. The van der Waals surface area contributed by atoms with Gasteiger partial charge in [-0.3, -0.25) is 4.79 Å². The van der Waals surface area contributed by atoms with E-state index in [1.54, 1.807) is 22.9 Å². The summed E-state index contributed by atoms with van der Waals surface area (Å²) >= 11 is 0. The van der Waals surface area contributed by atoms with Crippen molar-refractivity contribution in [2.75, 3.05) is 23.7 Å². The lowest BCUT2D eigenvalue weighted by Gasteiger charge is -2.21. The molecule has 2 aromatic carbocycles. The fraction of sp³-hybridized carbons (Fsp3) is 0.370. The van der Waals surface area contributed by atoms with Crippen LogP contribution in [-0.2, 0) is 10.2 Å². The Balaban J connectivity index is 1.73. The van der Waals surface area contributed by atoms with Crippen molar-refractivity contribution < 1.29 is 14.0 Å². The molecule has 0 saturated heterocycles. The van der Waals surface area contributed by atoms with Gasteiger partial charge in [-0.25, -0.2) is 13.9 Å². The van der Waals surface area contributed by atoms with Gasteiger partial charge in [0.25, 0.3) is 0 Å². The van der Waals surface area contributed by atoms with Crippen LogP contribution < -0.4 is 10.6 Å².